The van der Waals surface area contributed by atoms with Gasteiger partial charge in [-0.25, -0.2) is 12.8 Å². The van der Waals surface area contributed by atoms with Crippen molar-refractivity contribution in [3.05, 3.63) is 83.7 Å². The second-order valence-corrected chi connectivity index (χ2v) is 11.5. The molecule has 0 bridgehead atoms. The van der Waals surface area contributed by atoms with Gasteiger partial charge in [-0.1, -0.05) is 12.1 Å². The Morgan fingerprint density at radius 2 is 1.78 bits per heavy atom. The zero-order valence-corrected chi connectivity index (χ0v) is 22.1. The molecule has 3 aromatic rings. The highest BCUT2D eigenvalue weighted by molar-refractivity contribution is 7.92. The van der Waals surface area contributed by atoms with E-state index in [9.17, 15) is 17.6 Å². The third-order valence-electron chi connectivity index (χ3n) is 6.09. The van der Waals surface area contributed by atoms with Crippen LogP contribution in [0.5, 0.6) is 11.5 Å². The van der Waals surface area contributed by atoms with Crippen molar-refractivity contribution in [3.8, 4) is 11.5 Å². The normalized spacial score (nSPS) is 16.3. The molecule has 196 valence electrons. The van der Waals surface area contributed by atoms with Gasteiger partial charge in [0.1, 0.15) is 29.5 Å². The lowest BCUT2D eigenvalue weighted by molar-refractivity contribution is -0.120. The minimum absolute atomic E-state index is 0.122. The molecule has 0 fully saturated rings. The van der Waals surface area contributed by atoms with Gasteiger partial charge >= 0.3 is 0 Å². The van der Waals surface area contributed by atoms with Crippen molar-refractivity contribution in [1.82, 2.24) is 5.32 Å². The standard InChI is InChI=1S/C28H31FN2O5S/c1-5-35-22-11-9-21(10-12-22)31(37(33,34)23-13-7-20(29)8-14-23)18-27(32)30-25-17-28(3,4)36-26-16-19(2)6-15-24(25)26/h6-16,25H,5,17-18H2,1-4H3,(H,30,32). The lowest BCUT2D eigenvalue weighted by Gasteiger charge is -2.38. The fourth-order valence-corrected chi connectivity index (χ4v) is 5.80. The first-order valence-electron chi connectivity index (χ1n) is 12.1. The molecule has 37 heavy (non-hydrogen) atoms. The number of carbonyl (C=O) groups excluding carboxylic acids is 1. The summed E-state index contributed by atoms with van der Waals surface area (Å²) in [6.07, 6.45) is 0.516. The van der Waals surface area contributed by atoms with E-state index < -0.39 is 33.9 Å². The van der Waals surface area contributed by atoms with Gasteiger partial charge in [0.2, 0.25) is 5.91 Å². The van der Waals surface area contributed by atoms with Crippen molar-refractivity contribution in [2.75, 3.05) is 17.5 Å². The van der Waals surface area contributed by atoms with Crippen molar-refractivity contribution >= 4 is 21.6 Å². The van der Waals surface area contributed by atoms with Crippen LogP contribution in [0, 0.1) is 12.7 Å². The SMILES string of the molecule is CCOc1ccc(N(CC(=O)NC2CC(C)(C)Oc3cc(C)ccc32)S(=O)(=O)c2ccc(F)cc2)cc1. The maximum absolute atomic E-state index is 13.6. The van der Waals surface area contributed by atoms with Crippen LogP contribution in [0.15, 0.2) is 71.6 Å². The number of sulfonamides is 1. The van der Waals surface area contributed by atoms with Crippen LogP contribution in [-0.4, -0.2) is 33.1 Å². The Hall–Kier alpha value is -3.59. The summed E-state index contributed by atoms with van der Waals surface area (Å²) in [6, 6.07) is 16.4. The molecule has 0 spiro atoms. The Labute approximate surface area is 217 Å². The van der Waals surface area contributed by atoms with Gasteiger partial charge in [0.15, 0.2) is 0 Å². The molecule has 1 unspecified atom stereocenters. The Morgan fingerprint density at radius 1 is 1.11 bits per heavy atom. The predicted octanol–water partition coefficient (Wildman–Crippen LogP) is 5.15. The maximum atomic E-state index is 13.6. The largest absolute Gasteiger partial charge is 0.494 e. The molecule has 0 radical (unpaired) electrons. The van der Waals surface area contributed by atoms with Gasteiger partial charge in [-0.05, 0) is 87.9 Å². The number of anilines is 1. The number of ether oxygens (including phenoxy) is 2. The molecule has 1 amide bonds. The van der Waals surface area contributed by atoms with E-state index in [1.54, 1.807) is 24.3 Å². The lowest BCUT2D eigenvalue weighted by Crippen LogP contribution is -2.45. The second kappa shape index (κ2) is 10.4. The molecule has 4 rings (SSSR count). The van der Waals surface area contributed by atoms with Gasteiger partial charge in [0.05, 0.1) is 23.2 Å². The van der Waals surface area contributed by atoms with Crippen LogP contribution in [0.3, 0.4) is 0 Å². The molecular weight excluding hydrogens is 495 g/mol. The molecule has 9 heteroatoms. The Morgan fingerprint density at radius 3 is 2.43 bits per heavy atom. The van der Waals surface area contributed by atoms with E-state index >= 15 is 0 Å². The molecule has 1 atom stereocenters. The van der Waals surface area contributed by atoms with E-state index in [1.165, 1.54) is 12.1 Å². The molecule has 0 aliphatic carbocycles. The Kier molecular flexibility index (Phi) is 7.45. The summed E-state index contributed by atoms with van der Waals surface area (Å²) in [5.74, 6) is 0.240. The molecule has 7 nitrogen and oxygen atoms in total. The summed E-state index contributed by atoms with van der Waals surface area (Å²) >= 11 is 0. The van der Waals surface area contributed by atoms with Gasteiger partial charge < -0.3 is 14.8 Å². The highest BCUT2D eigenvalue weighted by Crippen LogP contribution is 2.40. The average Bonchev–Trinajstić information content (AvgIpc) is 2.82. The van der Waals surface area contributed by atoms with E-state index in [-0.39, 0.29) is 16.6 Å². The van der Waals surface area contributed by atoms with Gasteiger partial charge in [0.25, 0.3) is 10.0 Å². The van der Waals surface area contributed by atoms with Crippen molar-refractivity contribution < 1.29 is 27.1 Å². The molecule has 0 saturated carbocycles. The van der Waals surface area contributed by atoms with Gasteiger partial charge in [-0.3, -0.25) is 9.10 Å². The first-order chi connectivity index (χ1) is 17.5. The Bertz CT molecular complexity index is 1370. The molecule has 3 aromatic carbocycles. The van der Waals surface area contributed by atoms with Crippen molar-refractivity contribution in [2.24, 2.45) is 0 Å². The van der Waals surface area contributed by atoms with Crippen LogP contribution in [0.4, 0.5) is 10.1 Å². The molecular formula is C28H31FN2O5S. The van der Waals surface area contributed by atoms with E-state index in [1.807, 2.05) is 45.9 Å². The van der Waals surface area contributed by atoms with Gasteiger partial charge in [0, 0.05) is 12.0 Å². The number of fused-ring (bicyclic) bond motifs is 1. The highest BCUT2D eigenvalue weighted by Gasteiger charge is 2.35. The van der Waals surface area contributed by atoms with Crippen LogP contribution >= 0.6 is 0 Å². The number of halogens is 1. The molecule has 1 aliphatic heterocycles. The zero-order chi connectivity index (χ0) is 26.8. The fourth-order valence-electron chi connectivity index (χ4n) is 4.38. The van der Waals surface area contributed by atoms with E-state index in [0.717, 1.165) is 27.6 Å². The number of hydrogen-bond acceptors (Lipinski definition) is 5. The summed E-state index contributed by atoms with van der Waals surface area (Å²) in [4.78, 5) is 13.2. The fraction of sp³-hybridized carbons (Fsp3) is 0.321. The number of rotatable bonds is 8. The van der Waals surface area contributed by atoms with Gasteiger partial charge in [-0.2, -0.15) is 0 Å². The molecule has 0 aromatic heterocycles. The predicted molar refractivity (Wildman–Crippen MR) is 140 cm³/mol. The molecule has 1 heterocycles. The molecule has 0 saturated heterocycles. The number of nitrogens with one attached hydrogen (secondary N) is 1. The lowest BCUT2D eigenvalue weighted by atomic mass is 9.89. The highest BCUT2D eigenvalue weighted by atomic mass is 32.2. The van der Waals surface area contributed by atoms with Crippen LogP contribution in [0.2, 0.25) is 0 Å². The molecule has 1 N–H and O–H groups in total. The number of benzene rings is 3. The topological polar surface area (TPSA) is 84.9 Å². The number of hydrogen-bond donors (Lipinski definition) is 1. The summed E-state index contributed by atoms with van der Waals surface area (Å²) in [7, 11) is -4.18. The zero-order valence-electron chi connectivity index (χ0n) is 21.3. The van der Waals surface area contributed by atoms with Crippen LogP contribution in [-0.2, 0) is 14.8 Å². The number of nitrogens with zero attached hydrogens (tertiary/aromatic N) is 1. The van der Waals surface area contributed by atoms with E-state index in [0.29, 0.717) is 24.5 Å². The quantitative estimate of drug-likeness (QED) is 0.439. The number of carbonyl (C=O) groups is 1. The minimum atomic E-state index is -4.18. The minimum Gasteiger partial charge on any atom is -0.494 e. The monoisotopic (exact) mass is 526 g/mol. The van der Waals surface area contributed by atoms with E-state index in [4.69, 9.17) is 9.47 Å². The van der Waals surface area contributed by atoms with Gasteiger partial charge in [-0.15, -0.1) is 0 Å². The second-order valence-electron chi connectivity index (χ2n) is 9.62. The number of aryl methyl sites for hydroxylation is 1. The molecule has 1 aliphatic rings. The summed E-state index contributed by atoms with van der Waals surface area (Å²) in [5, 5.41) is 3.01. The maximum Gasteiger partial charge on any atom is 0.264 e. The van der Waals surface area contributed by atoms with Crippen LogP contribution < -0.4 is 19.1 Å². The third kappa shape index (κ3) is 6.05. The smallest absolute Gasteiger partial charge is 0.264 e. The third-order valence-corrected chi connectivity index (χ3v) is 7.87. The average molecular weight is 527 g/mol. The van der Waals surface area contributed by atoms with Crippen molar-refractivity contribution in [1.29, 1.82) is 0 Å². The van der Waals surface area contributed by atoms with Crippen molar-refractivity contribution in [3.63, 3.8) is 0 Å². The van der Waals surface area contributed by atoms with Crippen LogP contribution in [0.1, 0.15) is 44.4 Å². The Balaban J connectivity index is 1.64. The summed E-state index contributed by atoms with van der Waals surface area (Å²) < 4.78 is 53.3. The first-order valence-corrected chi connectivity index (χ1v) is 13.5. The summed E-state index contributed by atoms with van der Waals surface area (Å²) in [5.41, 5.74) is 1.64. The van der Waals surface area contributed by atoms with Crippen molar-refractivity contribution in [2.45, 2.75) is 50.7 Å². The number of amides is 1. The summed E-state index contributed by atoms with van der Waals surface area (Å²) in [6.45, 7) is 7.70. The first kappa shape index (κ1) is 26.5. The van der Waals surface area contributed by atoms with Crippen LogP contribution in [0.25, 0.3) is 0 Å². The van der Waals surface area contributed by atoms with E-state index in [2.05, 4.69) is 5.32 Å².